The summed E-state index contributed by atoms with van der Waals surface area (Å²) in [6, 6.07) is 0.706. The number of ether oxygens (including phenoxy) is 1. The highest BCUT2D eigenvalue weighted by atomic mass is 32.2. The maximum Gasteiger partial charge on any atom is 0.306 e. The molecule has 2 fully saturated rings. The minimum atomic E-state index is -3.16. The van der Waals surface area contributed by atoms with Gasteiger partial charge in [0.1, 0.15) is 0 Å². The van der Waals surface area contributed by atoms with Gasteiger partial charge in [-0.25, -0.2) is 8.42 Å². The van der Waals surface area contributed by atoms with Crippen LogP contribution in [0.2, 0.25) is 0 Å². The van der Waals surface area contributed by atoms with Gasteiger partial charge >= 0.3 is 5.97 Å². The molecule has 2 atom stereocenters. The Morgan fingerprint density at radius 3 is 2.44 bits per heavy atom. The van der Waals surface area contributed by atoms with Crippen LogP contribution in [0.5, 0.6) is 0 Å². The summed E-state index contributed by atoms with van der Waals surface area (Å²) in [5.74, 6) is -0.492. The van der Waals surface area contributed by atoms with Gasteiger partial charge in [0.05, 0.1) is 24.0 Å². The van der Waals surface area contributed by atoms with Crippen molar-refractivity contribution in [2.24, 2.45) is 0 Å². The molecule has 0 radical (unpaired) electrons. The van der Waals surface area contributed by atoms with Crippen molar-refractivity contribution >= 4 is 15.8 Å². The summed E-state index contributed by atoms with van der Waals surface area (Å²) in [5, 5.41) is 3.15. The molecule has 0 aromatic rings. The van der Waals surface area contributed by atoms with Crippen molar-refractivity contribution in [1.29, 1.82) is 0 Å². The van der Waals surface area contributed by atoms with Crippen LogP contribution in [-0.2, 0) is 19.4 Å². The van der Waals surface area contributed by atoms with Crippen LogP contribution in [0.4, 0.5) is 0 Å². The Morgan fingerprint density at radius 1 is 1.28 bits per heavy atom. The lowest BCUT2D eigenvalue weighted by Gasteiger charge is -2.28. The van der Waals surface area contributed by atoms with Gasteiger partial charge in [0.15, 0.2) is 9.84 Å². The summed E-state index contributed by atoms with van der Waals surface area (Å²) >= 11 is 0. The van der Waals surface area contributed by atoms with E-state index < -0.39 is 15.8 Å². The quantitative estimate of drug-likeness (QED) is 0.745. The topological polar surface area (TPSA) is 72.5 Å². The molecule has 0 aromatic heterocycles. The number of hydrogen-bond acceptors (Lipinski definition) is 5. The minimum absolute atomic E-state index is 0.0184. The number of carbonyl (C=O) groups excluding carboxylic acids is 1. The molecule has 2 unspecified atom stereocenters. The summed E-state index contributed by atoms with van der Waals surface area (Å²) in [7, 11) is -3.16. The van der Waals surface area contributed by atoms with Gasteiger partial charge in [0, 0.05) is 12.1 Å². The lowest BCUT2D eigenvalue weighted by Crippen LogP contribution is -2.44. The smallest absolute Gasteiger partial charge is 0.306 e. The Hall–Kier alpha value is -0.620. The van der Waals surface area contributed by atoms with E-state index in [0.717, 1.165) is 12.8 Å². The standard InChI is InChI=1S/C12H21NO4S/c1-2-17-12(14)5-6-18(15,16)11-7-9-3-4-10(8-11)13-9/h9-11,13H,2-8H2,1H3. The normalized spacial score (nSPS) is 31.3. The third-order valence-electron chi connectivity index (χ3n) is 3.83. The molecular formula is C12H21NO4S. The fraction of sp³-hybridized carbons (Fsp3) is 0.917. The molecule has 2 saturated heterocycles. The molecule has 0 aromatic carbocycles. The first-order valence-electron chi connectivity index (χ1n) is 6.64. The van der Waals surface area contributed by atoms with E-state index >= 15 is 0 Å². The predicted octanol–water partition coefficient (Wildman–Crippen LogP) is 0.637. The monoisotopic (exact) mass is 275 g/mol. The second-order valence-corrected chi connectivity index (χ2v) is 7.55. The fourth-order valence-corrected chi connectivity index (χ4v) is 4.76. The largest absolute Gasteiger partial charge is 0.466 e. The maximum absolute atomic E-state index is 12.2. The number of nitrogens with one attached hydrogen (secondary N) is 1. The van der Waals surface area contributed by atoms with Gasteiger partial charge in [-0.05, 0) is 32.6 Å². The first-order chi connectivity index (χ1) is 8.51. The van der Waals surface area contributed by atoms with Crippen molar-refractivity contribution in [1.82, 2.24) is 5.32 Å². The Balaban J connectivity index is 1.88. The molecule has 0 aliphatic carbocycles. The lowest BCUT2D eigenvalue weighted by atomic mass is 10.1. The van der Waals surface area contributed by atoms with E-state index in [4.69, 9.17) is 4.74 Å². The zero-order valence-electron chi connectivity index (χ0n) is 10.7. The molecule has 6 heteroatoms. The van der Waals surface area contributed by atoms with Crippen molar-refractivity contribution in [3.8, 4) is 0 Å². The molecule has 2 aliphatic rings. The third-order valence-corrected chi connectivity index (χ3v) is 6.01. The van der Waals surface area contributed by atoms with Crippen molar-refractivity contribution in [2.75, 3.05) is 12.4 Å². The zero-order chi connectivity index (χ0) is 13.2. The number of sulfone groups is 1. The molecule has 2 rings (SSSR count). The first-order valence-corrected chi connectivity index (χ1v) is 8.36. The van der Waals surface area contributed by atoms with Gasteiger partial charge in [0.25, 0.3) is 0 Å². The Kier molecular flexibility index (Phi) is 4.27. The number of esters is 1. The molecule has 2 aliphatic heterocycles. The average molecular weight is 275 g/mol. The lowest BCUT2D eigenvalue weighted by molar-refractivity contribution is -0.142. The van der Waals surface area contributed by atoms with E-state index in [-0.39, 0.29) is 17.4 Å². The van der Waals surface area contributed by atoms with E-state index in [2.05, 4.69) is 5.32 Å². The third kappa shape index (κ3) is 3.23. The summed E-state index contributed by atoms with van der Waals surface area (Å²) in [6.45, 7) is 2.02. The molecule has 5 nitrogen and oxygen atoms in total. The Bertz CT molecular complexity index is 394. The molecule has 104 valence electrons. The van der Waals surface area contributed by atoms with Gasteiger partial charge in [0.2, 0.25) is 0 Å². The van der Waals surface area contributed by atoms with Gasteiger partial charge in [-0.3, -0.25) is 4.79 Å². The first kappa shape index (κ1) is 13.8. The van der Waals surface area contributed by atoms with Crippen molar-refractivity contribution < 1.29 is 17.9 Å². The highest BCUT2D eigenvalue weighted by molar-refractivity contribution is 7.92. The summed E-state index contributed by atoms with van der Waals surface area (Å²) in [4.78, 5) is 11.2. The number of carbonyl (C=O) groups is 1. The van der Waals surface area contributed by atoms with Crippen LogP contribution in [0, 0.1) is 0 Å². The van der Waals surface area contributed by atoms with Crippen LogP contribution in [0.15, 0.2) is 0 Å². The number of hydrogen-bond donors (Lipinski definition) is 1. The Morgan fingerprint density at radius 2 is 1.89 bits per heavy atom. The van der Waals surface area contributed by atoms with Crippen LogP contribution in [0.3, 0.4) is 0 Å². The Labute approximate surface area is 108 Å². The molecular weight excluding hydrogens is 254 g/mol. The summed E-state index contributed by atoms with van der Waals surface area (Å²) in [6.07, 6.45) is 3.53. The van der Waals surface area contributed by atoms with E-state index in [9.17, 15) is 13.2 Å². The van der Waals surface area contributed by atoms with Crippen LogP contribution in [-0.4, -0.2) is 44.1 Å². The molecule has 0 amide bonds. The van der Waals surface area contributed by atoms with E-state index in [1.807, 2.05) is 0 Å². The van der Waals surface area contributed by atoms with E-state index in [1.54, 1.807) is 6.92 Å². The van der Waals surface area contributed by atoms with Gasteiger partial charge in [-0.15, -0.1) is 0 Å². The summed E-state index contributed by atoms with van der Waals surface area (Å²) in [5.41, 5.74) is 0. The number of piperidine rings is 1. The van der Waals surface area contributed by atoms with Crippen LogP contribution in [0.25, 0.3) is 0 Å². The van der Waals surface area contributed by atoms with Gasteiger partial charge in [-0.2, -0.15) is 0 Å². The van der Waals surface area contributed by atoms with Gasteiger partial charge < -0.3 is 10.1 Å². The maximum atomic E-state index is 12.2. The molecule has 2 heterocycles. The van der Waals surface area contributed by atoms with Crippen LogP contribution >= 0.6 is 0 Å². The molecule has 1 N–H and O–H groups in total. The molecule has 2 bridgehead atoms. The van der Waals surface area contributed by atoms with E-state index in [1.165, 1.54) is 0 Å². The second-order valence-electron chi connectivity index (χ2n) is 5.15. The SMILES string of the molecule is CCOC(=O)CCS(=O)(=O)C1CC2CCC(C1)N2. The van der Waals surface area contributed by atoms with Crippen LogP contribution in [0.1, 0.15) is 39.0 Å². The highest BCUT2D eigenvalue weighted by Gasteiger charge is 2.39. The molecule has 0 saturated carbocycles. The average Bonchev–Trinajstić information content (AvgIpc) is 2.66. The van der Waals surface area contributed by atoms with E-state index in [0.29, 0.717) is 31.5 Å². The minimum Gasteiger partial charge on any atom is -0.466 e. The molecule has 0 spiro atoms. The molecule has 18 heavy (non-hydrogen) atoms. The summed E-state index contributed by atoms with van der Waals surface area (Å²) < 4.78 is 29.1. The number of rotatable bonds is 5. The van der Waals surface area contributed by atoms with Crippen molar-refractivity contribution in [3.05, 3.63) is 0 Å². The zero-order valence-corrected chi connectivity index (χ0v) is 11.5. The highest BCUT2D eigenvalue weighted by Crippen LogP contribution is 2.31. The van der Waals surface area contributed by atoms with Gasteiger partial charge in [-0.1, -0.05) is 0 Å². The fourth-order valence-electron chi connectivity index (χ4n) is 2.92. The number of fused-ring (bicyclic) bond motifs is 2. The van der Waals surface area contributed by atoms with Crippen LogP contribution < -0.4 is 5.32 Å². The van der Waals surface area contributed by atoms with Crippen molar-refractivity contribution in [3.63, 3.8) is 0 Å². The van der Waals surface area contributed by atoms with Crippen molar-refractivity contribution in [2.45, 2.75) is 56.4 Å². The predicted molar refractivity (Wildman–Crippen MR) is 68.0 cm³/mol. The second kappa shape index (κ2) is 5.57.